The number of phenolic OH excluding ortho intramolecular Hbond substituents is 1. The van der Waals surface area contributed by atoms with E-state index in [2.05, 4.69) is 12.0 Å². The first kappa shape index (κ1) is 9.99. The van der Waals surface area contributed by atoms with Crippen LogP contribution in [0.25, 0.3) is 0 Å². The molecule has 2 rings (SSSR count). The molecule has 0 aromatic heterocycles. The first-order valence-corrected chi connectivity index (χ1v) is 4.29. The van der Waals surface area contributed by atoms with Gasteiger partial charge in [0.2, 0.25) is 0 Å². The molecule has 1 fully saturated rings. The number of aryl methyl sites for hydroxylation is 1. The largest absolute Gasteiger partial charge is 0.508 e. The molecule has 3 heteroatoms. The number of nitrogens with two attached hydrogens (primary N) is 1. The standard InChI is InChI=1S/C10H12O.FH2N/c1-7-2-5-9(8-3-4-8)10(11)6-7;1-2/h2,5-6,8,11H,3-4H2,1H3;2H2. The van der Waals surface area contributed by atoms with Gasteiger partial charge in [-0.15, -0.1) is 4.48 Å². The molecule has 1 aliphatic carbocycles. The van der Waals surface area contributed by atoms with Gasteiger partial charge in [0.1, 0.15) is 5.75 Å². The van der Waals surface area contributed by atoms with Gasteiger partial charge in [0, 0.05) is 0 Å². The fourth-order valence-corrected chi connectivity index (χ4v) is 1.39. The van der Waals surface area contributed by atoms with Crippen molar-refractivity contribution >= 4 is 0 Å². The summed E-state index contributed by atoms with van der Waals surface area (Å²) in [6.07, 6.45) is 2.49. The molecule has 0 unspecified atom stereocenters. The van der Waals surface area contributed by atoms with Crippen LogP contribution in [0.3, 0.4) is 0 Å². The van der Waals surface area contributed by atoms with Crippen molar-refractivity contribution < 1.29 is 9.59 Å². The molecule has 0 bridgehead atoms. The maximum absolute atomic E-state index is 9.50. The lowest BCUT2D eigenvalue weighted by Crippen LogP contribution is -1.81. The lowest BCUT2D eigenvalue weighted by Gasteiger charge is -2.02. The van der Waals surface area contributed by atoms with Crippen molar-refractivity contribution in [2.75, 3.05) is 0 Å². The topological polar surface area (TPSA) is 46.2 Å². The molecule has 0 radical (unpaired) electrons. The second kappa shape index (κ2) is 4.23. The predicted molar refractivity (Wildman–Crippen MR) is 50.1 cm³/mol. The predicted octanol–water partition coefficient (Wildman–Crippen LogP) is 2.41. The fraction of sp³-hybridized carbons (Fsp3) is 0.400. The van der Waals surface area contributed by atoms with Crippen LogP contribution < -0.4 is 5.96 Å². The van der Waals surface area contributed by atoms with Crippen LogP contribution in [0.15, 0.2) is 18.2 Å². The van der Waals surface area contributed by atoms with E-state index in [9.17, 15) is 5.11 Å². The quantitative estimate of drug-likeness (QED) is 0.657. The van der Waals surface area contributed by atoms with Crippen molar-refractivity contribution in [3.8, 4) is 5.75 Å². The van der Waals surface area contributed by atoms with Crippen molar-refractivity contribution in [2.24, 2.45) is 5.96 Å². The highest BCUT2D eigenvalue weighted by Crippen LogP contribution is 2.43. The summed E-state index contributed by atoms with van der Waals surface area (Å²) in [5.41, 5.74) is 2.27. The van der Waals surface area contributed by atoms with Crippen LogP contribution in [-0.4, -0.2) is 5.11 Å². The van der Waals surface area contributed by atoms with E-state index in [1.807, 2.05) is 19.1 Å². The van der Waals surface area contributed by atoms with E-state index in [1.165, 1.54) is 12.8 Å². The minimum absolute atomic E-state index is 0.479. The average molecular weight is 183 g/mol. The van der Waals surface area contributed by atoms with Crippen LogP contribution in [0.1, 0.15) is 29.9 Å². The Balaban J connectivity index is 0.000000396. The normalized spacial score (nSPS) is 14.7. The number of benzene rings is 1. The minimum atomic E-state index is 0.479. The van der Waals surface area contributed by atoms with Gasteiger partial charge < -0.3 is 5.11 Å². The van der Waals surface area contributed by atoms with Gasteiger partial charge >= 0.3 is 0 Å². The zero-order valence-corrected chi connectivity index (χ0v) is 7.63. The zero-order chi connectivity index (χ0) is 9.84. The maximum atomic E-state index is 9.50. The van der Waals surface area contributed by atoms with Gasteiger partial charge in [-0.1, -0.05) is 12.1 Å². The van der Waals surface area contributed by atoms with Crippen molar-refractivity contribution in [3.05, 3.63) is 29.3 Å². The van der Waals surface area contributed by atoms with Crippen molar-refractivity contribution in [1.82, 2.24) is 0 Å². The Morgan fingerprint density at radius 3 is 2.46 bits per heavy atom. The number of hydrogen-bond donors (Lipinski definition) is 2. The number of rotatable bonds is 1. The second-order valence-corrected chi connectivity index (χ2v) is 3.34. The van der Waals surface area contributed by atoms with Crippen LogP contribution in [0.5, 0.6) is 5.75 Å². The number of hydrogen-bond acceptors (Lipinski definition) is 2. The Morgan fingerprint density at radius 2 is 2.00 bits per heavy atom. The molecule has 3 N–H and O–H groups in total. The molecule has 1 aliphatic rings. The maximum Gasteiger partial charge on any atom is 0.119 e. The molecule has 0 aliphatic heterocycles. The van der Waals surface area contributed by atoms with E-state index in [0.29, 0.717) is 11.7 Å². The van der Waals surface area contributed by atoms with Gasteiger partial charge in [-0.25, -0.2) is 0 Å². The first-order chi connectivity index (χ1) is 6.27. The Bertz CT molecular complexity index is 284. The minimum Gasteiger partial charge on any atom is -0.508 e. The highest BCUT2D eigenvalue weighted by atomic mass is 19.2. The van der Waals surface area contributed by atoms with Crippen molar-refractivity contribution in [2.45, 2.75) is 25.7 Å². The van der Waals surface area contributed by atoms with E-state index >= 15 is 0 Å². The molecule has 0 heterocycles. The molecule has 0 amide bonds. The molecule has 2 nitrogen and oxygen atoms in total. The molecule has 1 aromatic rings. The summed E-state index contributed by atoms with van der Waals surface area (Å²) in [6, 6.07) is 5.95. The Morgan fingerprint density at radius 1 is 1.38 bits per heavy atom. The summed E-state index contributed by atoms with van der Waals surface area (Å²) in [5.74, 6) is 4.13. The summed E-state index contributed by atoms with van der Waals surface area (Å²) in [4.78, 5) is 0. The van der Waals surface area contributed by atoms with Gasteiger partial charge in [0.25, 0.3) is 0 Å². The average Bonchev–Trinajstić information content (AvgIpc) is 2.91. The molecule has 72 valence electrons. The van der Waals surface area contributed by atoms with E-state index < -0.39 is 0 Å². The lowest BCUT2D eigenvalue weighted by molar-refractivity contribution is 0.468. The van der Waals surface area contributed by atoms with E-state index in [-0.39, 0.29) is 0 Å². The van der Waals surface area contributed by atoms with E-state index in [4.69, 9.17) is 4.48 Å². The van der Waals surface area contributed by atoms with Gasteiger partial charge in [0.15, 0.2) is 0 Å². The molecule has 0 spiro atoms. The van der Waals surface area contributed by atoms with Gasteiger partial charge in [0.05, 0.1) is 0 Å². The highest BCUT2D eigenvalue weighted by Gasteiger charge is 2.25. The molecular formula is C10H14FNO. The van der Waals surface area contributed by atoms with Gasteiger partial charge in [-0.3, -0.25) is 0 Å². The van der Waals surface area contributed by atoms with E-state index in [1.54, 1.807) is 0 Å². The fourth-order valence-electron chi connectivity index (χ4n) is 1.39. The number of aromatic hydroxyl groups is 1. The third kappa shape index (κ3) is 2.42. The summed E-state index contributed by atoms with van der Waals surface area (Å²) in [6.45, 7) is 2.00. The van der Waals surface area contributed by atoms with Gasteiger partial charge in [-0.05, 0) is 42.9 Å². The molecular weight excluding hydrogens is 169 g/mol. The molecule has 1 saturated carbocycles. The summed E-state index contributed by atoms with van der Waals surface area (Å²) >= 11 is 0. The molecule has 1 aromatic carbocycles. The molecule has 0 saturated heterocycles. The third-order valence-corrected chi connectivity index (χ3v) is 2.20. The van der Waals surface area contributed by atoms with Crippen LogP contribution in [0, 0.1) is 6.92 Å². The SMILES string of the molecule is Cc1ccc(C2CC2)c(O)c1.NF. The molecule has 13 heavy (non-hydrogen) atoms. The van der Waals surface area contributed by atoms with Crippen LogP contribution in [0.4, 0.5) is 4.48 Å². The van der Waals surface area contributed by atoms with Crippen molar-refractivity contribution in [3.63, 3.8) is 0 Å². The lowest BCUT2D eigenvalue weighted by atomic mass is 10.1. The Kier molecular flexibility index (Phi) is 3.25. The highest BCUT2D eigenvalue weighted by molar-refractivity contribution is 5.40. The van der Waals surface area contributed by atoms with Crippen LogP contribution in [0.2, 0.25) is 0 Å². The van der Waals surface area contributed by atoms with Crippen LogP contribution >= 0.6 is 0 Å². The summed E-state index contributed by atoms with van der Waals surface area (Å²) < 4.78 is 9.00. The summed E-state index contributed by atoms with van der Waals surface area (Å²) in [5, 5.41) is 9.50. The first-order valence-electron chi connectivity index (χ1n) is 4.29. The third-order valence-electron chi connectivity index (χ3n) is 2.20. The van der Waals surface area contributed by atoms with Crippen molar-refractivity contribution in [1.29, 1.82) is 0 Å². The Labute approximate surface area is 77.1 Å². The van der Waals surface area contributed by atoms with Crippen LogP contribution in [-0.2, 0) is 0 Å². The van der Waals surface area contributed by atoms with E-state index in [0.717, 1.165) is 11.1 Å². The Hall–Kier alpha value is -1.09. The monoisotopic (exact) mass is 183 g/mol. The number of phenols is 1. The van der Waals surface area contributed by atoms with Gasteiger partial charge in [-0.2, -0.15) is 5.96 Å². The number of halogens is 1. The zero-order valence-electron chi connectivity index (χ0n) is 7.63. The molecule has 0 atom stereocenters. The summed E-state index contributed by atoms with van der Waals surface area (Å²) in [7, 11) is 0. The second-order valence-electron chi connectivity index (χ2n) is 3.34. The smallest absolute Gasteiger partial charge is 0.119 e.